The van der Waals surface area contributed by atoms with E-state index in [1.165, 1.54) is 6.07 Å². The second kappa shape index (κ2) is 6.09. The molecule has 0 aromatic heterocycles. The molecule has 2 atom stereocenters. The van der Waals surface area contributed by atoms with Gasteiger partial charge in [0, 0.05) is 30.8 Å². The summed E-state index contributed by atoms with van der Waals surface area (Å²) >= 11 is 0. The van der Waals surface area contributed by atoms with Crippen molar-refractivity contribution >= 4 is 11.6 Å². The number of likely N-dealkylation sites (tertiary alicyclic amines) is 1. The summed E-state index contributed by atoms with van der Waals surface area (Å²) < 4.78 is 0. The van der Waals surface area contributed by atoms with Gasteiger partial charge >= 0.3 is 5.69 Å². The largest absolute Gasteiger partial charge is 0.502 e. The maximum Gasteiger partial charge on any atom is 0.310 e. The number of benzene rings is 1. The molecule has 1 aromatic rings. The van der Waals surface area contributed by atoms with E-state index < -0.39 is 16.4 Å². The van der Waals surface area contributed by atoms with Gasteiger partial charge in [-0.1, -0.05) is 6.92 Å². The Morgan fingerprint density at radius 3 is 2.86 bits per heavy atom. The lowest BCUT2D eigenvalue weighted by atomic mass is 9.92. The third kappa shape index (κ3) is 3.13. The number of hydrogen-bond donors (Lipinski definition) is 2. The first-order valence-corrected chi connectivity index (χ1v) is 6.92. The fourth-order valence-corrected chi connectivity index (χ4v) is 2.72. The Labute approximate surface area is 122 Å². The smallest absolute Gasteiger partial charge is 0.310 e. The number of nitro groups is 1. The second-order valence-corrected chi connectivity index (χ2v) is 5.48. The minimum atomic E-state index is -0.686. The fourth-order valence-electron chi connectivity index (χ4n) is 2.72. The molecule has 7 nitrogen and oxygen atoms in total. The lowest BCUT2D eigenvalue weighted by molar-refractivity contribution is -0.385. The first-order valence-electron chi connectivity index (χ1n) is 6.92. The van der Waals surface area contributed by atoms with Gasteiger partial charge in [0.1, 0.15) is 0 Å². The topological polar surface area (TPSA) is 110 Å². The lowest BCUT2D eigenvalue weighted by Crippen LogP contribution is -2.49. The van der Waals surface area contributed by atoms with E-state index in [2.05, 4.69) is 6.92 Å². The molecule has 0 saturated carbocycles. The molecule has 7 heteroatoms. The number of phenolic OH excluding ortho intramolecular Hbond substituents is 1. The zero-order valence-electron chi connectivity index (χ0n) is 11.9. The number of aromatic hydroxyl groups is 1. The molecule has 1 heterocycles. The van der Waals surface area contributed by atoms with Crippen molar-refractivity contribution in [2.45, 2.75) is 25.8 Å². The molecule has 0 spiro atoms. The molecule has 114 valence electrons. The predicted octanol–water partition coefficient (Wildman–Crippen LogP) is 1.50. The van der Waals surface area contributed by atoms with Crippen LogP contribution < -0.4 is 5.73 Å². The van der Waals surface area contributed by atoms with Gasteiger partial charge in [-0.15, -0.1) is 0 Å². The Morgan fingerprint density at radius 1 is 1.57 bits per heavy atom. The van der Waals surface area contributed by atoms with Crippen LogP contribution in [0.25, 0.3) is 0 Å². The maximum absolute atomic E-state index is 12.5. The molecule has 1 fully saturated rings. The fraction of sp³-hybridized carbons (Fsp3) is 0.500. The summed E-state index contributed by atoms with van der Waals surface area (Å²) in [7, 11) is 0. The molecule has 1 aliphatic heterocycles. The van der Waals surface area contributed by atoms with Gasteiger partial charge in [0.15, 0.2) is 5.75 Å². The molecule has 3 N–H and O–H groups in total. The third-order valence-electron chi connectivity index (χ3n) is 3.93. The molecule has 21 heavy (non-hydrogen) atoms. The number of piperidine rings is 1. The van der Waals surface area contributed by atoms with Crippen molar-refractivity contribution in [1.29, 1.82) is 0 Å². The first kappa shape index (κ1) is 15.2. The van der Waals surface area contributed by atoms with E-state index in [9.17, 15) is 20.0 Å². The van der Waals surface area contributed by atoms with E-state index in [-0.39, 0.29) is 17.5 Å². The summed E-state index contributed by atoms with van der Waals surface area (Å²) in [6.45, 7) is 3.12. The predicted molar refractivity (Wildman–Crippen MR) is 77.0 cm³/mol. The average molecular weight is 293 g/mol. The normalized spacial score (nSPS) is 22.1. The number of carbonyl (C=O) groups excluding carboxylic acids is 1. The van der Waals surface area contributed by atoms with Crippen molar-refractivity contribution in [3.05, 3.63) is 33.9 Å². The minimum Gasteiger partial charge on any atom is -0.502 e. The van der Waals surface area contributed by atoms with Crippen LogP contribution in [0.15, 0.2) is 18.2 Å². The maximum atomic E-state index is 12.5. The number of nitro benzene ring substituents is 1. The van der Waals surface area contributed by atoms with Crippen LogP contribution >= 0.6 is 0 Å². The number of rotatable bonds is 3. The van der Waals surface area contributed by atoms with E-state index in [1.807, 2.05) is 0 Å². The Balaban J connectivity index is 2.23. The van der Waals surface area contributed by atoms with Gasteiger partial charge in [0.2, 0.25) is 0 Å². The van der Waals surface area contributed by atoms with Crippen molar-refractivity contribution in [3.63, 3.8) is 0 Å². The van der Waals surface area contributed by atoms with Gasteiger partial charge in [-0.25, -0.2) is 0 Å². The molecular weight excluding hydrogens is 274 g/mol. The molecule has 1 saturated heterocycles. The van der Waals surface area contributed by atoms with Crippen LogP contribution in [-0.4, -0.2) is 40.0 Å². The van der Waals surface area contributed by atoms with Crippen molar-refractivity contribution in [3.8, 4) is 5.75 Å². The summed E-state index contributed by atoms with van der Waals surface area (Å²) in [4.78, 5) is 24.2. The van der Waals surface area contributed by atoms with Crippen LogP contribution in [0.1, 0.15) is 30.1 Å². The van der Waals surface area contributed by atoms with E-state index >= 15 is 0 Å². The molecule has 0 radical (unpaired) electrons. The monoisotopic (exact) mass is 293 g/mol. The zero-order valence-corrected chi connectivity index (χ0v) is 11.9. The van der Waals surface area contributed by atoms with Gasteiger partial charge in [0.05, 0.1) is 4.92 Å². The van der Waals surface area contributed by atoms with Gasteiger partial charge in [-0.05, 0) is 30.9 Å². The van der Waals surface area contributed by atoms with Crippen molar-refractivity contribution < 1.29 is 14.8 Å². The van der Waals surface area contributed by atoms with Crippen LogP contribution in [-0.2, 0) is 0 Å². The average Bonchev–Trinajstić information content (AvgIpc) is 2.45. The Morgan fingerprint density at radius 2 is 2.29 bits per heavy atom. The highest BCUT2D eigenvalue weighted by Gasteiger charge is 2.30. The van der Waals surface area contributed by atoms with Gasteiger partial charge in [-0.3, -0.25) is 14.9 Å². The standard InChI is InChI=1S/C14H19N3O4/c1-9-4-5-16(11(6-9)8-15)14(19)10-2-3-12(17(20)21)13(18)7-10/h2-3,7,9,11,18H,4-6,8,15H2,1H3. The van der Waals surface area contributed by atoms with E-state index in [1.54, 1.807) is 4.90 Å². The first-order chi connectivity index (χ1) is 9.93. The Kier molecular flexibility index (Phi) is 4.42. The SMILES string of the molecule is CC1CCN(C(=O)c2ccc([N+](=O)[O-])c(O)c2)C(CN)C1. The number of phenols is 1. The molecule has 1 aromatic carbocycles. The van der Waals surface area contributed by atoms with Gasteiger partial charge in [0.25, 0.3) is 5.91 Å². The summed E-state index contributed by atoms with van der Waals surface area (Å²) in [5.41, 5.74) is 5.57. The van der Waals surface area contributed by atoms with Gasteiger partial charge in [-0.2, -0.15) is 0 Å². The minimum absolute atomic E-state index is 0.0291. The molecule has 1 aliphatic rings. The van der Waals surface area contributed by atoms with Crippen LogP contribution in [0.5, 0.6) is 5.75 Å². The second-order valence-electron chi connectivity index (χ2n) is 5.48. The number of nitrogens with zero attached hydrogens (tertiary/aromatic N) is 2. The van der Waals surface area contributed by atoms with E-state index in [4.69, 9.17) is 5.73 Å². The zero-order chi connectivity index (χ0) is 15.6. The molecule has 0 bridgehead atoms. The molecule has 2 unspecified atom stereocenters. The van der Waals surface area contributed by atoms with E-state index in [0.29, 0.717) is 19.0 Å². The van der Waals surface area contributed by atoms with Crippen LogP contribution in [0, 0.1) is 16.0 Å². The van der Waals surface area contributed by atoms with Crippen LogP contribution in [0.3, 0.4) is 0 Å². The van der Waals surface area contributed by atoms with E-state index in [0.717, 1.165) is 25.0 Å². The number of amides is 1. The quantitative estimate of drug-likeness (QED) is 0.648. The summed E-state index contributed by atoms with van der Waals surface area (Å²) in [5, 5.41) is 20.3. The van der Waals surface area contributed by atoms with Crippen molar-refractivity contribution in [2.75, 3.05) is 13.1 Å². The van der Waals surface area contributed by atoms with Crippen LogP contribution in [0.2, 0.25) is 0 Å². The van der Waals surface area contributed by atoms with Crippen molar-refractivity contribution in [2.24, 2.45) is 11.7 Å². The summed E-state index contributed by atoms with van der Waals surface area (Å²) in [5.74, 6) is -0.226. The van der Waals surface area contributed by atoms with Crippen molar-refractivity contribution in [1.82, 2.24) is 4.90 Å². The lowest BCUT2D eigenvalue weighted by Gasteiger charge is -2.38. The summed E-state index contributed by atoms with van der Waals surface area (Å²) in [6, 6.07) is 3.63. The summed E-state index contributed by atoms with van der Waals surface area (Å²) in [6.07, 6.45) is 1.75. The number of nitrogens with two attached hydrogens (primary N) is 1. The molecule has 0 aliphatic carbocycles. The Hall–Kier alpha value is -2.15. The highest BCUT2D eigenvalue weighted by atomic mass is 16.6. The number of hydrogen-bond acceptors (Lipinski definition) is 5. The Bertz CT molecular complexity index is 561. The third-order valence-corrected chi connectivity index (χ3v) is 3.93. The molecular formula is C14H19N3O4. The molecule has 1 amide bonds. The van der Waals surface area contributed by atoms with Gasteiger partial charge < -0.3 is 15.7 Å². The molecule has 2 rings (SSSR count). The highest BCUT2D eigenvalue weighted by Crippen LogP contribution is 2.29. The number of carbonyl (C=O) groups is 1. The highest BCUT2D eigenvalue weighted by molar-refractivity contribution is 5.95. The van der Waals surface area contributed by atoms with Crippen LogP contribution in [0.4, 0.5) is 5.69 Å².